The molecule has 0 atom stereocenters. The van der Waals surface area contributed by atoms with Crippen LogP contribution in [0.25, 0.3) is 0 Å². The third kappa shape index (κ3) is 4.29. The van der Waals surface area contributed by atoms with Crippen LogP contribution >= 0.6 is 0 Å². The highest BCUT2D eigenvalue weighted by Gasteiger charge is 2.51. The van der Waals surface area contributed by atoms with E-state index in [1.54, 1.807) is 19.3 Å². The van der Waals surface area contributed by atoms with Crippen LogP contribution in [0, 0.1) is 0 Å². The molecule has 1 aromatic rings. The van der Waals surface area contributed by atoms with Crippen molar-refractivity contribution in [1.82, 2.24) is 5.32 Å². The predicted molar refractivity (Wildman–Crippen MR) is 92.9 cm³/mol. The average molecular weight is 311 g/mol. The zero-order valence-electron chi connectivity index (χ0n) is 13.1. The first-order valence-electron chi connectivity index (χ1n) is 7.36. The maximum Gasteiger partial charge on any atom is 0.258 e. The fourth-order valence-corrected chi connectivity index (χ4v) is 2.18. The van der Waals surface area contributed by atoms with E-state index in [1.165, 1.54) is 12.3 Å². The molecule has 2 rings (SSSR count). The van der Waals surface area contributed by atoms with Gasteiger partial charge in [0.15, 0.2) is 0 Å². The lowest BCUT2D eigenvalue weighted by Gasteiger charge is -2.10. The molecule has 23 heavy (non-hydrogen) atoms. The standard InChI is InChI=1S/C17H21N5O/c1-20-11-7-14(18)21-12-8-15(19)22-16(23)17(9-10-17)13-5-3-2-4-6-13/h2-8,11-12,20H,9-10H2,1H3,(H2,18,21)(H2,19,22,23)/b11-7-,12-8-. The number of hydrogen-bond donors (Lipinski definition) is 3. The van der Waals surface area contributed by atoms with Crippen molar-refractivity contribution in [3.05, 3.63) is 60.4 Å². The van der Waals surface area contributed by atoms with E-state index in [9.17, 15) is 4.79 Å². The average Bonchev–Trinajstić information content (AvgIpc) is 3.35. The molecule has 1 fully saturated rings. The van der Waals surface area contributed by atoms with E-state index in [-0.39, 0.29) is 11.7 Å². The van der Waals surface area contributed by atoms with Crippen LogP contribution in [0.3, 0.4) is 0 Å². The Kier molecular flexibility index (Phi) is 5.30. The van der Waals surface area contributed by atoms with Gasteiger partial charge < -0.3 is 16.8 Å². The van der Waals surface area contributed by atoms with E-state index in [1.807, 2.05) is 30.3 Å². The quantitative estimate of drug-likeness (QED) is 0.542. The Bertz CT molecular complexity index is 669. The minimum absolute atomic E-state index is 0.117. The summed E-state index contributed by atoms with van der Waals surface area (Å²) >= 11 is 0. The van der Waals surface area contributed by atoms with E-state index in [2.05, 4.69) is 15.3 Å². The van der Waals surface area contributed by atoms with Gasteiger partial charge >= 0.3 is 0 Å². The highest BCUT2D eigenvalue weighted by atomic mass is 16.1. The summed E-state index contributed by atoms with van der Waals surface area (Å²) in [6.45, 7) is 0. The third-order valence-electron chi connectivity index (χ3n) is 3.61. The van der Waals surface area contributed by atoms with E-state index in [4.69, 9.17) is 11.5 Å². The van der Waals surface area contributed by atoms with Gasteiger partial charge in [-0.1, -0.05) is 30.3 Å². The number of nitrogens with two attached hydrogens (primary N) is 2. The second-order valence-electron chi connectivity index (χ2n) is 5.28. The molecule has 5 N–H and O–H groups in total. The first-order valence-corrected chi connectivity index (χ1v) is 7.36. The van der Waals surface area contributed by atoms with Crippen LogP contribution in [0.4, 0.5) is 0 Å². The van der Waals surface area contributed by atoms with Crippen molar-refractivity contribution >= 4 is 17.6 Å². The van der Waals surface area contributed by atoms with Crippen molar-refractivity contribution in [2.75, 3.05) is 7.05 Å². The largest absolute Gasteiger partial charge is 0.394 e. The first kappa shape index (κ1) is 16.5. The molecule has 120 valence electrons. The lowest BCUT2D eigenvalue weighted by Crippen LogP contribution is -2.22. The molecule has 1 aliphatic rings. The Morgan fingerprint density at radius 3 is 2.48 bits per heavy atom. The molecule has 0 bridgehead atoms. The van der Waals surface area contributed by atoms with Crippen LogP contribution in [0.5, 0.6) is 0 Å². The smallest absolute Gasteiger partial charge is 0.258 e. The summed E-state index contributed by atoms with van der Waals surface area (Å²) in [6, 6.07) is 9.67. The molecule has 0 unspecified atom stereocenters. The molecule has 1 amide bonds. The van der Waals surface area contributed by atoms with Gasteiger partial charge in [-0.15, -0.1) is 0 Å². The van der Waals surface area contributed by atoms with Gasteiger partial charge in [0.2, 0.25) is 0 Å². The van der Waals surface area contributed by atoms with Crippen LogP contribution in [0.1, 0.15) is 18.4 Å². The Balaban J connectivity index is 2.04. The Morgan fingerprint density at radius 1 is 1.17 bits per heavy atom. The third-order valence-corrected chi connectivity index (χ3v) is 3.61. The summed E-state index contributed by atoms with van der Waals surface area (Å²) in [5.41, 5.74) is 11.9. The Hall–Kier alpha value is -2.89. The molecule has 0 aliphatic heterocycles. The minimum atomic E-state index is -0.502. The summed E-state index contributed by atoms with van der Waals surface area (Å²) in [4.78, 5) is 20.3. The number of carbonyl (C=O) groups excluding carboxylic acids is 1. The van der Waals surface area contributed by atoms with Crippen molar-refractivity contribution in [2.45, 2.75) is 18.3 Å². The van der Waals surface area contributed by atoms with E-state index in [0.717, 1.165) is 18.4 Å². The second kappa shape index (κ2) is 7.40. The molecule has 0 saturated heterocycles. The van der Waals surface area contributed by atoms with Crippen LogP contribution in [-0.4, -0.2) is 24.6 Å². The van der Waals surface area contributed by atoms with Crippen LogP contribution in [0.15, 0.2) is 64.9 Å². The molecule has 6 heteroatoms. The van der Waals surface area contributed by atoms with Crippen molar-refractivity contribution < 1.29 is 4.79 Å². The monoisotopic (exact) mass is 311 g/mol. The first-order chi connectivity index (χ1) is 11.1. The van der Waals surface area contributed by atoms with E-state index >= 15 is 0 Å². The van der Waals surface area contributed by atoms with E-state index < -0.39 is 5.41 Å². The van der Waals surface area contributed by atoms with Gasteiger partial charge in [0, 0.05) is 13.2 Å². The highest BCUT2D eigenvalue weighted by Crippen LogP contribution is 2.49. The normalized spacial score (nSPS) is 17.6. The Morgan fingerprint density at radius 2 is 1.87 bits per heavy atom. The molecule has 0 spiro atoms. The van der Waals surface area contributed by atoms with Crippen molar-refractivity contribution in [3.63, 3.8) is 0 Å². The fraction of sp³-hybridized carbons (Fsp3) is 0.235. The summed E-state index contributed by atoms with van der Waals surface area (Å²) in [5, 5.41) is 2.80. The summed E-state index contributed by atoms with van der Waals surface area (Å²) in [5.74, 6) is 0.224. The number of aliphatic imine (C=N–C) groups is 2. The molecule has 6 nitrogen and oxygen atoms in total. The van der Waals surface area contributed by atoms with Gasteiger partial charge in [0.05, 0.1) is 5.41 Å². The van der Waals surface area contributed by atoms with E-state index in [0.29, 0.717) is 5.84 Å². The number of rotatable bonds is 6. The van der Waals surface area contributed by atoms with Gasteiger partial charge in [-0.25, -0.2) is 4.99 Å². The van der Waals surface area contributed by atoms with Crippen LogP contribution < -0.4 is 16.8 Å². The summed E-state index contributed by atoms with van der Waals surface area (Å²) in [6.07, 6.45) is 7.75. The molecular weight excluding hydrogens is 290 g/mol. The molecule has 0 aromatic heterocycles. The number of carbonyl (C=O) groups is 1. The van der Waals surface area contributed by atoms with Crippen molar-refractivity contribution in [1.29, 1.82) is 0 Å². The molecule has 0 radical (unpaired) electrons. The Labute approximate surface area is 135 Å². The maximum atomic E-state index is 12.4. The summed E-state index contributed by atoms with van der Waals surface area (Å²) in [7, 11) is 1.76. The van der Waals surface area contributed by atoms with Crippen LogP contribution in [-0.2, 0) is 10.2 Å². The van der Waals surface area contributed by atoms with Crippen LogP contribution in [0.2, 0.25) is 0 Å². The lowest BCUT2D eigenvalue weighted by atomic mass is 9.95. The number of hydrogen-bond acceptors (Lipinski definition) is 3. The fourth-order valence-electron chi connectivity index (χ4n) is 2.18. The molecule has 1 aliphatic carbocycles. The zero-order chi connectivity index (χ0) is 16.7. The highest BCUT2D eigenvalue weighted by molar-refractivity contribution is 6.04. The van der Waals surface area contributed by atoms with Crippen molar-refractivity contribution in [3.8, 4) is 0 Å². The number of amides is 1. The topological polar surface area (TPSA) is 106 Å². The van der Waals surface area contributed by atoms with Gasteiger partial charge in [-0.3, -0.25) is 4.79 Å². The van der Waals surface area contributed by atoms with Crippen molar-refractivity contribution in [2.24, 2.45) is 21.5 Å². The number of nitrogens with zero attached hydrogens (tertiary/aromatic N) is 2. The molecular formula is C17H21N5O. The molecule has 1 aromatic carbocycles. The number of amidine groups is 2. The maximum absolute atomic E-state index is 12.4. The van der Waals surface area contributed by atoms with Gasteiger partial charge in [0.25, 0.3) is 5.91 Å². The second-order valence-corrected chi connectivity index (χ2v) is 5.28. The number of benzene rings is 1. The van der Waals surface area contributed by atoms with Gasteiger partial charge in [0.1, 0.15) is 11.7 Å². The minimum Gasteiger partial charge on any atom is -0.394 e. The molecule has 0 heterocycles. The zero-order valence-corrected chi connectivity index (χ0v) is 13.1. The summed E-state index contributed by atoms with van der Waals surface area (Å²) < 4.78 is 0. The predicted octanol–water partition coefficient (Wildman–Crippen LogP) is 1.21. The molecule has 1 saturated carbocycles. The number of nitrogens with one attached hydrogen (secondary N) is 1. The van der Waals surface area contributed by atoms with Gasteiger partial charge in [-0.2, -0.15) is 4.99 Å². The van der Waals surface area contributed by atoms with Gasteiger partial charge in [-0.05, 0) is 36.8 Å². The SMILES string of the molecule is CN\C=C/C(N)=N\C=C/C(N)=NC(=O)C1(c2ccccc2)CC1. The lowest BCUT2D eigenvalue weighted by molar-refractivity contribution is -0.120.